The number of rotatable bonds is 8. The van der Waals surface area contributed by atoms with E-state index in [-0.39, 0.29) is 6.10 Å². The maximum absolute atomic E-state index is 11.8. The lowest BCUT2D eigenvalue weighted by Gasteiger charge is -2.42. The molecule has 0 amide bonds. The lowest BCUT2D eigenvalue weighted by molar-refractivity contribution is -0.147. The Bertz CT molecular complexity index is 357. The molecule has 0 aromatic carbocycles. The number of nitrogens with zero attached hydrogens (tertiary/aromatic N) is 1. The van der Waals surface area contributed by atoms with Gasteiger partial charge < -0.3 is 14.7 Å². The van der Waals surface area contributed by atoms with Crippen molar-refractivity contribution in [3.05, 3.63) is 0 Å². The Balaban J connectivity index is 1.89. The molecule has 0 bridgehead atoms. The van der Waals surface area contributed by atoms with Crippen LogP contribution in [0.4, 0.5) is 0 Å². The van der Waals surface area contributed by atoms with Gasteiger partial charge in [-0.3, -0.25) is 10.1 Å². The predicted molar refractivity (Wildman–Crippen MR) is 82.5 cm³/mol. The van der Waals surface area contributed by atoms with Crippen molar-refractivity contribution >= 4 is 5.97 Å². The number of carbonyl (C=O) groups is 1. The largest absolute Gasteiger partial charge is 0.480 e. The summed E-state index contributed by atoms with van der Waals surface area (Å²) in [7, 11) is 2.09. The van der Waals surface area contributed by atoms with Crippen LogP contribution >= 0.6 is 0 Å². The van der Waals surface area contributed by atoms with Crippen molar-refractivity contribution in [3.8, 4) is 0 Å². The zero-order valence-corrected chi connectivity index (χ0v) is 13.6. The standard InChI is InChI=1S/C16H30N2O3/c1-12(2)21-10-9-18(3)14-5-4-8-16(11-14,15(19)20)17-13-6-7-13/h12-14,17H,4-11H2,1-3H3,(H,19,20). The van der Waals surface area contributed by atoms with Crippen molar-refractivity contribution in [3.63, 3.8) is 0 Å². The summed E-state index contributed by atoms with van der Waals surface area (Å²) in [5.41, 5.74) is -0.711. The van der Waals surface area contributed by atoms with E-state index in [2.05, 4.69) is 17.3 Å². The van der Waals surface area contributed by atoms with E-state index in [1.807, 2.05) is 13.8 Å². The molecule has 122 valence electrons. The number of ether oxygens (including phenoxy) is 1. The van der Waals surface area contributed by atoms with E-state index in [4.69, 9.17) is 4.74 Å². The van der Waals surface area contributed by atoms with Crippen molar-refractivity contribution in [2.45, 2.75) is 76.1 Å². The minimum absolute atomic E-state index is 0.249. The van der Waals surface area contributed by atoms with Gasteiger partial charge in [0, 0.05) is 18.6 Å². The molecule has 0 aromatic rings. The Labute approximate surface area is 128 Å². The van der Waals surface area contributed by atoms with Gasteiger partial charge in [0.2, 0.25) is 0 Å². The first-order valence-corrected chi connectivity index (χ1v) is 8.26. The maximum Gasteiger partial charge on any atom is 0.323 e. The van der Waals surface area contributed by atoms with E-state index < -0.39 is 11.5 Å². The number of nitrogens with one attached hydrogen (secondary N) is 1. The second kappa shape index (κ2) is 7.07. The van der Waals surface area contributed by atoms with Crippen LogP contribution in [0.25, 0.3) is 0 Å². The molecule has 2 aliphatic carbocycles. The van der Waals surface area contributed by atoms with Crippen molar-refractivity contribution in [2.75, 3.05) is 20.2 Å². The van der Waals surface area contributed by atoms with E-state index in [0.29, 0.717) is 25.1 Å². The Morgan fingerprint density at radius 2 is 2.14 bits per heavy atom. The van der Waals surface area contributed by atoms with E-state index in [1.54, 1.807) is 0 Å². The maximum atomic E-state index is 11.8. The van der Waals surface area contributed by atoms with Gasteiger partial charge >= 0.3 is 5.97 Å². The molecule has 5 heteroatoms. The van der Waals surface area contributed by atoms with Crippen LogP contribution in [-0.4, -0.2) is 59.9 Å². The second-order valence-electron chi connectivity index (χ2n) is 6.96. The van der Waals surface area contributed by atoms with Crippen LogP contribution in [0, 0.1) is 0 Å². The van der Waals surface area contributed by atoms with Crippen LogP contribution < -0.4 is 5.32 Å². The van der Waals surface area contributed by atoms with Gasteiger partial charge in [0.15, 0.2) is 0 Å². The molecule has 2 fully saturated rings. The van der Waals surface area contributed by atoms with Gasteiger partial charge in [0.1, 0.15) is 5.54 Å². The molecule has 2 saturated carbocycles. The van der Waals surface area contributed by atoms with Crippen molar-refractivity contribution in [1.29, 1.82) is 0 Å². The van der Waals surface area contributed by atoms with Crippen LogP contribution in [0.5, 0.6) is 0 Å². The van der Waals surface area contributed by atoms with Gasteiger partial charge in [-0.25, -0.2) is 0 Å². The second-order valence-corrected chi connectivity index (χ2v) is 6.96. The SMILES string of the molecule is CC(C)OCCN(C)C1CCCC(NC2CC2)(C(=O)O)C1. The van der Waals surface area contributed by atoms with E-state index in [9.17, 15) is 9.90 Å². The number of aliphatic carboxylic acids is 1. The Kier molecular flexibility index (Phi) is 5.63. The average molecular weight is 298 g/mol. The van der Waals surface area contributed by atoms with Crippen LogP contribution in [0.3, 0.4) is 0 Å². The fraction of sp³-hybridized carbons (Fsp3) is 0.938. The zero-order valence-electron chi connectivity index (χ0n) is 13.6. The molecule has 0 aliphatic heterocycles. The van der Waals surface area contributed by atoms with Crippen molar-refractivity contribution < 1.29 is 14.6 Å². The van der Waals surface area contributed by atoms with Gasteiger partial charge in [-0.2, -0.15) is 0 Å². The van der Waals surface area contributed by atoms with E-state index >= 15 is 0 Å². The molecule has 0 spiro atoms. The van der Waals surface area contributed by atoms with Gasteiger partial charge in [-0.15, -0.1) is 0 Å². The monoisotopic (exact) mass is 298 g/mol. The summed E-state index contributed by atoms with van der Waals surface area (Å²) in [6.45, 7) is 5.65. The smallest absolute Gasteiger partial charge is 0.323 e. The lowest BCUT2D eigenvalue weighted by Crippen LogP contribution is -2.58. The number of likely N-dealkylation sites (N-methyl/N-ethyl adjacent to an activating group) is 1. The highest BCUT2D eigenvalue weighted by Gasteiger charge is 2.46. The first-order chi connectivity index (χ1) is 9.93. The molecule has 2 N–H and O–H groups in total. The quantitative estimate of drug-likeness (QED) is 0.716. The molecule has 2 unspecified atom stereocenters. The summed E-state index contributed by atoms with van der Waals surface area (Å²) >= 11 is 0. The third-order valence-electron chi connectivity index (χ3n) is 4.71. The molecular weight excluding hydrogens is 268 g/mol. The van der Waals surface area contributed by atoms with Crippen LogP contribution in [0.15, 0.2) is 0 Å². The predicted octanol–water partition coefficient (Wildman–Crippen LogP) is 1.86. The van der Waals surface area contributed by atoms with Crippen molar-refractivity contribution in [2.24, 2.45) is 0 Å². The normalized spacial score (nSPS) is 30.0. The Morgan fingerprint density at radius 3 is 2.71 bits per heavy atom. The summed E-state index contributed by atoms with van der Waals surface area (Å²) in [5.74, 6) is -0.675. The minimum Gasteiger partial charge on any atom is -0.480 e. The topological polar surface area (TPSA) is 61.8 Å². The zero-order chi connectivity index (χ0) is 15.5. The summed E-state index contributed by atoms with van der Waals surface area (Å²) in [5, 5.41) is 13.1. The third kappa shape index (κ3) is 4.66. The molecule has 0 aromatic heterocycles. The molecule has 0 saturated heterocycles. The van der Waals surface area contributed by atoms with Gasteiger partial charge in [0.25, 0.3) is 0 Å². The molecule has 21 heavy (non-hydrogen) atoms. The minimum atomic E-state index is -0.711. The van der Waals surface area contributed by atoms with Crippen LogP contribution in [0.2, 0.25) is 0 Å². The number of carboxylic acids is 1. The van der Waals surface area contributed by atoms with Crippen LogP contribution in [0.1, 0.15) is 52.4 Å². The highest BCUT2D eigenvalue weighted by atomic mass is 16.5. The Hall–Kier alpha value is -0.650. The summed E-state index contributed by atoms with van der Waals surface area (Å²) in [6, 6.07) is 0.756. The molecule has 0 radical (unpaired) electrons. The van der Waals surface area contributed by atoms with E-state index in [1.165, 1.54) is 0 Å². The summed E-state index contributed by atoms with van der Waals surface area (Å²) < 4.78 is 5.60. The molecule has 2 rings (SSSR count). The van der Waals surface area contributed by atoms with Gasteiger partial charge in [0.05, 0.1) is 12.7 Å². The third-order valence-corrected chi connectivity index (χ3v) is 4.71. The molecule has 0 heterocycles. The highest BCUT2D eigenvalue weighted by Crippen LogP contribution is 2.34. The fourth-order valence-electron chi connectivity index (χ4n) is 3.24. The highest BCUT2D eigenvalue weighted by molar-refractivity contribution is 5.79. The molecular formula is C16H30N2O3. The first-order valence-electron chi connectivity index (χ1n) is 8.26. The van der Waals surface area contributed by atoms with Crippen molar-refractivity contribution in [1.82, 2.24) is 10.2 Å². The number of hydrogen-bond acceptors (Lipinski definition) is 4. The molecule has 2 aliphatic rings. The van der Waals surface area contributed by atoms with Gasteiger partial charge in [-0.1, -0.05) is 0 Å². The van der Waals surface area contributed by atoms with E-state index in [0.717, 1.165) is 38.6 Å². The average Bonchev–Trinajstić information content (AvgIpc) is 3.22. The fourth-order valence-corrected chi connectivity index (χ4v) is 3.24. The lowest BCUT2D eigenvalue weighted by atomic mass is 9.78. The Morgan fingerprint density at radius 1 is 1.43 bits per heavy atom. The summed E-state index contributed by atoms with van der Waals surface area (Å²) in [6.07, 6.45) is 6.02. The summed E-state index contributed by atoms with van der Waals surface area (Å²) in [4.78, 5) is 14.1. The number of carboxylic acid groups (broad SMARTS) is 1. The number of hydrogen-bond donors (Lipinski definition) is 2. The van der Waals surface area contributed by atoms with Crippen LogP contribution in [-0.2, 0) is 9.53 Å². The van der Waals surface area contributed by atoms with Gasteiger partial charge in [-0.05, 0) is 59.4 Å². The molecule has 2 atom stereocenters. The molecule has 5 nitrogen and oxygen atoms in total. The first kappa shape index (κ1) is 16.7.